The van der Waals surface area contributed by atoms with Crippen molar-refractivity contribution in [2.45, 2.75) is 51.1 Å². The fourth-order valence-electron chi connectivity index (χ4n) is 2.49. The Bertz CT molecular complexity index is 473. The van der Waals surface area contributed by atoms with Crippen molar-refractivity contribution < 1.29 is 13.6 Å². The predicted molar refractivity (Wildman–Crippen MR) is 74.5 cm³/mol. The van der Waals surface area contributed by atoms with Gasteiger partial charge in [0.2, 0.25) is 5.91 Å². The van der Waals surface area contributed by atoms with Gasteiger partial charge in [0.1, 0.15) is 6.04 Å². The molecule has 5 heteroatoms. The lowest BCUT2D eigenvalue weighted by atomic mass is 9.95. The Balaban J connectivity index is 1.91. The van der Waals surface area contributed by atoms with Crippen LogP contribution in [0.1, 0.15) is 39.0 Å². The van der Waals surface area contributed by atoms with Gasteiger partial charge in [0, 0.05) is 6.04 Å². The van der Waals surface area contributed by atoms with Crippen molar-refractivity contribution in [1.29, 1.82) is 0 Å². The second kappa shape index (κ2) is 6.68. The van der Waals surface area contributed by atoms with Crippen molar-refractivity contribution >= 4 is 11.6 Å². The van der Waals surface area contributed by atoms with Gasteiger partial charge in [-0.2, -0.15) is 0 Å². The minimum atomic E-state index is -0.954. The molecule has 0 bridgehead atoms. The Morgan fingerprint density at radius 1 is 1.25 bits per heavy atom. The quantitative estimate of drug-likeness (QED) is 0.890. The molecule has 0 aliphatic heterocycles. The van der Waals surface area contributed by atoms with Crippen molar-refractivity contribution in [1.82, 2.24) is 5.32 Å². The number of anilines is 1. The van der Waals surface area contributed by atoms with E-state index in [0.29, 0.717) is 0 Å². The summed E-state index contributed by atoms with van der Waals surface area (Å²) in [6.45, 7) is 1.64. The van der Waals surface area contributed by atoms with E-state index in [1.54, 1.807) is 6.92 Å². The molecule has 1 aromatic carbocycles. The number of benzene rings is 1. The second-order valence-corrected chi connectivity index (χ2v) is 5.31. The molecule has 1 atom stereocenters. The van der Waals surface area contributed by atoms with Gasteiger partial charge < -0.3 is 10.6 Å². The van der Waals surface area contributed by atoms with Crippen LogP contribution in [-0.4, -0.2) is 18.0 Å². The summed E-state index contributed by atoms with van der Waals surface area (Å²) in [4.78, 5) is 12.0. The summed E-state index contributed by atoms with van der Waals surface area (Å²) >= 11 is 0. The number of hydrogen-bond donors (Lipinski definition) is 2. The molecule has 0 aromatic heterocycles. The predicted octanol–water partition coefficient (Wildman–Crippen LogP) is 3.21. The third kappa shape index (κ3) is 3.68. The summed E-state index contributed by atoms with van der Waals surface area (Å²) in [5.74, 6) is -2.06. The topological polar surface area (TPSA) is 41.1 Å². The van der Waals surface area contributed by atoms with E-state index in [1.165, 1.54) is 18.6 Å². The van der Waals surface area contributed by atoms with Crippen molar-refractivity contribution in [2.24, 2.45) is 0 Å². The van der Waals surface area contributed by atoms with E-state index in [4.69, 9.17) is 0 Å². The first-order valence-electron chi connectivity index (χ1n) is 7.09. The lowest BCUT2D eigenvalue weighted by Crippen LogP contribution is -2.44. The van der Waals surface area contributed by atoms with E-state index in [9.17, 15) is 13.6 Å². The summed E-state index contributed by atoms with van der Waals surface area (Å²) in [5.41, 5.74) is 0.0105. The molecular weight excluding hydrogens is 262 g/mol. The summed E-state index contributed by atoms with van der Waals surface area (Å²) in [5, 5.41) is 5.67. The summed E-state index contributed by atoms with van der Waals surface area (Å²) < 4.78 is 26.6. The first-order chi connectivity index (χ1) is 9.58. The van der Waals surface area contributed by atoms with E-state index in [2.05, 4.69) is 10.6 Å². The van der Waals surface area contributed by atoms with Crippen LogP contribution in [0.2, 0.25) is 0 Å². The highest BCUT2D eigenvalue weighted by atomic mass is 19.2. The minimum Gasteiger partial charge on any atom is -0.371 e. The zero-order chi connectivity index (χ0) is 14.5. The molecule has 0 heterocycles. The van der Waals surface area contributed by atoms with Gasteiger partial charge in [-0.15, -0.1) is 0 Å². The maximum atomic E-state index is 13.5. The first kappa shape index (κ1) is 14.8. The zero-order valence-electron chi connectivity index (χ0n) is 11.6. The second-order valence-electron chi connectivity index (χ2n) is 5.31. The van der Waals surface area contributed by atoms with Crippen LogP contribution < -0.4 is 10.6 Å². The van der Waals surface area contributed by atoms with Crippen LogP contribution >= 0.6 is 0 Å². The van der Waals surface area contributed by atoms with Gasteiger partial charge in [0.25, 0.3) is 0 Å². The summed E-state index contributed by atoms with van der Waals surface area (Å²) in [6, 6.07) is 3.48. The van der Waals surface area contributed by atoms with E-state index >= 15 is 0 Å². The first-order valence-corrected chi connectivity index (χ1v) is 7.09. The number of carbonyl (C=O) groups excluding carboxylic acids is 1. The SMILES string of the molecule is CC(Nc1cccc(F)c1F)C(=O)NC1CCCCC1. The van der Waals surface area contributed by atoms with Gasteiger partial charge in [-0.3, -0.25) is 4.79 Å². The highest BCUT2D eigenvalue weighted by Gasteiger charge is 2.20. The van der Waals surface area contributed by atoms with Gasteiger partial charge in [0.05, 0.1) is 5.69 Å². The van der Waals surface area contributed by atoms with Gasteiger partial charge in [-0.1, -0.05) is 25.3 Å². The van der Waals surface area contributed by atoms with Crippen LogP contribution in [-0.2, 0) is 4.79 Å². The Labute approximate surface area is 117 Å². The van der Waals surface area contributed by atoms with E-state index in [0.717, 1.165) is 31.7 Å². The number of halogens is 2. The smallest absolute Gasteiger partial charge is 0.242 e. The van der Waals surface area contributed by atoms with Crippen LogP contribution in [0.4, 0.5) is 14.5 Å². The lowest BCUT2D eigenvalue weighted by molar-refractivity contribution is -0.122. The third-order valence-corrected chi connectivity index (χ3v) is 3.67. The molecule has 1 fully saturated rings. The van der Waals surface area contributed by atoms with Crippen LogP contribution in [0.25, 0.3) is 0 Å². The number of rotatable bonds is 4. The fourth-order valence-corrected chi connectivity index (χ4v) is 2.49. The molecule has 1 aliphatic rings. The average molecular weight is 282 g/mol. The molecule has 1 aliphatic carbocycles. The van der Waals surface area contributed by atoms with Gasteiger partial charge in [-0.05, 0) is 31.9 Å². The third-order valence-electron chi connectivity index (χ3n) is 3.67. The average Bonchev–Trinajstić information content (AvgIpc) is 2.45. The van der Waals surface area contributed by atoms with E-state index in [-0.39, 0.29) is 17.6 Å². The fraction of sp³-hybridized carbons (Fsp3) is 0.533. The summed E-state index contributed by atoms with van der Waals surface area (Å²) in [7, 11) is 0. The monoisotopic (exact) mass is 282 g/mol. The standard InChI is InChI=1S/C15H20F2N2O/c1-10(15(20)19-11-6-3-2-4-7-11)18-13-9-5-8-12(16)14(13)17/h5,8-11,18H,2-4,6-7H2,1H3,(H,19,20). The highest BCUT2D eigenvalue weighted by molar-refractivity contribution is 5.84. The lowest BCUT2D eigenvalue weighted by Gasteiger charge is -2.25. The Kier molecular flexibility index (Phi) is 4.93. The molecular formula is C15H20F2N2O. The van der Waals surface area contributed by atoms with Crippen LogP contribution in [0.5, 0.6) is 0 Å². The molecule has 3 nitrogen and oxygen atoms in total. The van der Waals surface area contributed by atoms with Crippen LogP contribution in [0.3, 0.4) is 0 Å². The van der Waals surface area contributed by atoms with Gasteiger partial charge >= 0.3 is 0 Å². The maximum absolute atomic E-state index is 13.5. The van der Waals surface area contributed by atoms with Crippen molar-refractivity contribution in [3.05, 3.63) is 29.8 Å². The molecule has 20 heavy (non-hydrogen) atoms. The van der Waals surface area contributed by atoms with Crippen molar-refractivity contribution in [2.75, 3.05) is 5.32 Å². The Morgan fingerprint density at radius 2 is 1.95 bits per heavy atom. The molecule has 110 valence electrons. The molecule has 1 saturated carbocycles. The summed E-state index contributed by atoms with van der Waals surface area (Å²) in [6.07, 6.45) is 5.46. The maximum Gasteiger partial charge on any atom is 0.242 e. The number of amides is 1. The van der Waals surface area contributed by atoms with E-state index in [1.807, 2.05) is 0 Å². The largest absolute Gasteiger partial charge is 0.371 e. The molecule has 1 aromatic rings. The van der Waals surface area contributed by atoms with Gasteiger partial charge in [0.15, 0.2) is 11.6 Å². The minimum absolute atomic E-state index is 0.0105. The van der Waals surface area contributed by atoms with Crippen molar-refractivity contribution in [3.8, 4) is 0 Å². The molecule has 1 amide bonds. The molecule has 0 radical (unpaired) electrons. The van der Waals surface area contributed by atoms with Gasteiger partial charge in [-0.25, -0.2) is 8.78 Å². The Morgan fingerprint density at radius 3 is 2.65 bits per heavy atom. The van der Waals surface area contributed by atoms with Crippen LogP contribution in [0, 0.1) is 11.6 Å². The molecule has 0 saturated heterocycles. The zero-order valence-corrected chi connectivity index (χ0v) is 11.6. The normalized spacial score (nSPS) is 17.6. The number of nitrogens with one attached hydrogen (secondary N) is 2. The molecule has 2 rings (SSSR count). The number of hydrogen-bond acceptors (Lipinski definition) is 2. The number of carbonyl (C=O) groups is 1. The van der Waals surface area contributed by atoms with E-state index < -0.39 is 17.7 Å². The Hall–Kier alpha value is -1.65. The molecule has 0 spiro atoms. The highest BCUT2D eigenvalue weighted by Crippen LogP contribution is 2.19. The van der Waals surface area contributed by atoms with Crippen LogP contribution in [0.15, 0.2) is 18.2 Å². The molecule has 2 N–H and O–H groups in total. The molecule has 1 unspecified atom stereocenters. The van der Waals surface area contributed by atoms with Crippen molar-refractivity contribution in [3.63, 3.8) is 0 Å².